The number of aromatic nitrogens is 1. The predicted molar refractivity (Wildman–Crippen MR) is 113 cm³/mol. The smallest absolute Gasteiger partial charge is 0.142 e. The van der Waals surface area contributed by atoms with Crippen LogP contribution >= 0.6 is 11.6 Å². The maximum Gasteiger partial charge on any atom is 0.142 e. The summed E-state index contributed by atoms with van der Waals surface area (Å²) in [6.07, 6.45) is 0.880. The molecule has 1 aromatic heterocycles. The van der Waals surface area contributed by atoms with Gasteiger partial charge in [-0.05, 0) is 53.9 Å². The van der Waals surface area contributed by atoms with Gasteiger partial charge in [0.2, 0.25) is 0 Å². The molecule has 29 heavy (non-hydrogen) atoms. The molecule has 4 rings (SSSR count). The van der Waals surface area contributed by atoms with Gasteiger partial charge in [0, 0.05) is 30.8 Å². The molecule has 1 atom stereocenters. The van der Waals surface area contributed by atoms with Crippen LogP contribution in [0.3, 0.4) is 0 Å². The summed E-state index contributed by atoms with van der Waals surface area (Å²) in [6.45, 7) is 1.49. The van der Waals surface area contributed by atoms with E-state index in [2.05, 4.69) is 4.90 Å². The Kier molecular flexibility index (Phi) is 5.30. The molecule has 0 amide bonds. The molecule has 0 aliphatic carbocycles. The molecule has 0 spiro atoms. The fourth-order valence-corrected chi connectivity index (χ4v) is 3.63. The van der Waals surface area contributed by atoms with Gasteiger partial charge in [0.1, 0.15) is 23.1 Å². The lowest BCUT2D eigenvalue weighted by molar-refractivity contribution is 0.408. The molecule has 1 unspecified atom stereocenters. The molecule has 1 aliphatic rings. The second-order valence-corrected chi connectivity index (χ2v) is 7.51. The first-order valence-corrected chi connectivity index (χ1v) is 9.68. The number of aromatic hydroxyl groups is 1. The van der Waals surface area contributed by atoms with E-state index in [1.807, 2.05) is 12.1 Å². The van der Waals surface area contributed by atoms with E-state index in [4.69, 9.17) is 27.1 Å². The predicted octanol–water partition coefficient (Wildman–Crippen LogP) is 4.46. The molecule has 1 saturated heterocycles. The molecule has 5 nitrogen and oxygen atoms in total. The summed E-state index contributed by atoms with van der Waals surface area (Å²) in [5.74, 6) is 0.851. The average molecular weight is 414 g/mol. The maximum atomic E-state index is 14.1. The van der Waals surface area contributed by atoms with Gasteiger partial charge in [0.05, 0.1) is 17.8 Å². The van der Waals surface area contributed by atoms with E-state index in [0.717, 1.165) is 24.3 Å². The largest absolute Gasteiger partial charge is 0.507 e. The van der Waals surface area contributed by atoms with Crippen molar-refractivity contribution < 1.29 is 14.2 Å². The summed E-state index contributed by atoms with van der Waals surface area (Å²) in [7, 11) is 1.54. The monoisotopic (exact) mass is 413 g/mol. The number of hydrogen-bond acceptors (Lipinski definition) is 5. The summed E-state index contributed by atoms with van der Waals surface area (Å²) in [6, 6.07) is 13.6. The van der Waals surface area contributed by atoms with Gasteiger partial charge in [-0.3, -0.25) is 0 Å². The van der Waals surface area contributed by atoms with Crippen LogP contribution in [0.4, 0.5) is 10.2 Å². The third-order valence-corrected chi connectivity index (χ3v) is 5.40. The third kappa shape index (κ3) is 3.99. The standard InChI is InChI=1S/C22H21ClFN3O2/c1-29-16-3-4-17(21(28)11-16)20-9-14(13-2-5-18(23)19(24)8-13)10-22(26-20)27-7-6-15(25)12-27/h2-5,8-11,15,28H,6-7,12,25H2,1H3. The van der Waals surface area contributed by atoms with Gasteiger partial charge in [0.25, 0.3) is 0 Å². The van der Waals surface area contributed by atoms with Gasteiger partial charge in [0.15, 0.2) is 0 Å². The van der Waals surface area contributed by atoms with Gasteiger partial charge < -0.3 is 20.5 Å². The van der Waals surface area contributed by atoms with Crippen molar-refractivity contribution in [1.29, 1.82) is 0 Å². The molecule has 3 aromatic rings. The van der Waals surface area contributed by atoms with E-state index in [1.165, 1.54) is 25.3 Å². The topological polar surface area (TPSA) is 71.6 Å². The fourth-order valence-electron chi connectivity index (χ4n) is 3.51. The van der Waals surface area contributed by atoms with Crippen LogP contribution in [-0.2, 0) is 0 Å². The first-order chi connectivity index (χ1) is 13.9. The number of phenols is 1. The number of nitrogens with two attached hydrogens (primary N) is 1. The van der Waals surface area contributed by atoms with Gasteiger partial charge in [-0.15, -0.1) is 0 Å². The highest BCUT2D eigenvalue weighted by Crippen LogP contribution is 2.36. The van der Waals surface area contributed by atoms with Gasteiger partial charge in [-0.1, -0.05) is 17.7 Å². The number of hydrogen-bond donors (Lipinski definition) is 2. The number of benzene rings is 2. The Hall–Kier alpha value is -2.83. The molecule has 0 bridgehead atoms. The normalized spacial score (nSPS) is 16.3. The van der Waals surface area contributed by atoms with E-state index >= 15 is 0 Å². The zero-order valence-electron chi connectivity index (χ0n) is 15.9. The zero-order valence-corrected chi connectivity index (χ0v) is 16.7. The van der Waals surface area contributed by atoms with Crippen LogP contribution in [0.5, 0.6) is 11.5 Å². The summed E-state index contributed by atoms with van der Waals surface area (Å²) in [5, 5.41) is 10.6. The lowest BCUT2D eigenvalue weighted by atomic mass is 10.0. The summed E-state index contributed by atoms with van der Waals surface area (Å²) in [5.41, 5.74) is 8.65. The number of rotatable bonds is 4. The number of nitrogens with zero attached hydrogens (tertiary/aromatic N) is 2. The molecule has 1 fully saturated rings. The van der Waals surface area contributed by atoms with Gasteiger partial charge in [-0.25, -0.2) is 9.37 Å². The first-order valence-electron chi connectivity index (χ1n) is 9.30. The first kappa shape index (κ1) is 19.5. The zero-order chi connectivity index (χ0) is 20.5. The van der Waals surface area contributed by atoms with Crippen LogP contribution in [0.25, 0.3) is 22.4 Å². The highest BCUT2D eigenvalue weighted by atomic mass is 35.5. The Labute approximate surface area is 173 Å². The molecular formula is C22H21ClFN3O2. The molecule has 150 valence electrons. The van der Waals surface area contributed by atoms with E-state index in [9.17, 15) is 9.50 Å². The highest BCUT2D eigenvalue weighted by molar-refractivity contribution is 6.30. The van der Waals surface area contributed by atoms with Crippen molar-refractivity contribution in [3.63, 3.8) is 0 Å². The lowest BCUT2D eigenvalue weighted by Gasteiger charge is -2.20. The number of phenolic OH excluding ortho intramolecular Hbond substituents is 1. The highest BCUT2D eigenvalue weighted by Gasteiger charge is 2.22. The minimum absolute atomic E-state index is 0.0559. The van der Waals surface area contributed by atoms with Gasteiger partial charge in [-0.2, -0.15) is 0 Å². The third-order valence-electron chi connectivity index (χ3n) is 5.09. The maximum absolute atomic E-state index is 14.1. The minimum atomic E-state index is -0.487. The summed E-state index contributed by atoms with van der Waals surface area (Å²) in [4.78, 5) is 6.85. The van der Waals surface area contributed by atoms with Crippen molar-refractivity contribution in [3.8, 4) is 33.9 Å². The number of ether oxygens (including phenoxy) is 1. The number of methoxy groups -OCH3 is 1. The van der Waals surface area contributed by atoms with Crippen LogP contribution in [0.1, 0.15) is 6.42 Å². The van der Waals surface area contributed by atoms with Crippen LogP contribution in [0.2, 0.25) is 5.02 Å². The Morgan fingerprint density at radius 2 is 2.00 bits per heavy atom. The summed E-state index contributed by atoms with van der Waals surface area (Å²) < 4.78 is 19.2. The molecule has 2 heterocycles. The Morgan fingerprint density at radius 1 is 1.17 bits per heavy atom. The second-order valence-electron chi connectivity index (χ2n) is 7.11. The SMILES string of the molecule is COc1ccc(-c2cc(-c3ccc(Cl)c(F)c3)cc(N3CCC(N)C3)n2)c(O)c1. The van der Waals surface area contributed by atoms with E-state index in [-0.39, 0.29) is 16.8 Å². The van der Waals surface area contributed by atoms with Crippen molar-refractivity contribution in [3.05, 3.63) is 59.4 Å². The van der Waals surface area contributed by atoms with Crippen molar-refractivity contribution in [2.45, 2.75) is 12.5 Å². The molecule has 0 radical (unpaired) electrons. The molecule has 7 heteroatoms. The van der Waals surface area contributed by atoms with E-state index in [1.54, 1.807) is 18.2 Å². The van der Waals surface area contributed by atoms with Gasteiger partial charge >= 0.3 is 0 Å². The number of halogens is 2. The van der Waals surface area contributed by atoms with Crippen LogP contribution in [0, 0.1) is 5.82 Å². The Morgan fingerprint density at radius 3 is 2.66 bits per heavy atom. The van der Waals surface area contributed by atoms with Crippen LogP contribution in [-0.4, -0.2) is 36.3 Å². The average Bonchev–Trinajstić information content (AvgIpc) is 3.16. The van der Waals surface area contributed by atoms with Crippen molar-refractivity contribution in [1.82, 2.24) is 4.98 Å². The fraction of sp³-hybridized carbons (Fsp3) is 0.227. The summed E-state index contributed by atoms with van der Waals surface area (Å²) >= 11 is 5.84. The van der Waals surface area contributed by atoms with Crippen LogP contribution < -0.4 is 15.4 Å². The van der Waals surface area contributed by atoms with Crippen molar-refractivity contribution >= 4 is 17.4 Å². The lowest BCUT2D eigenvalue weighted by Crippen LogP contribution is -2.27. The number of pyridine rings is 1. The van der Waals surface area contributed by atoms with Crippen LogP contribution in [0.15, 0.2) is 48.5 Å². The second kappa shape index (κ2) is 7.89. The van der Waals surface area contributed by atoms with E-state index < -0.39 is 5.82 Å². The van der Waals surface area contributed by atoms with Crippen molar-refractivity contribution in [2.24, 2.45) is 5.73 Å². The van der Waals surface area contributed by atoms with E-state index in [0.29, 0.717) is 29.1 Å². The molecule has 1 aliphatic heterocycles. The minimum Gasteiger partial charge on any atom is -0.507 e. The molecule has 3 N–H and O–H groups in total. The number of anilines is 1. The Bertz CT molecular complexity index is 1060. The Balaban J connectivity index is 1.85. The van der Waals surface area contributed by atoms with Crippen molar-refractivity contribution in [2.75, 3.05) is 25.1 Å². The molecule has 0 saturated carbocycles. The quantitative estimate of drug-likeness (QED) is 0.660. The molecule has 2 aromatic carbocycles. The molecular weight excluding hydrogens is 393 g/mol.